The molecule has 0 aromatic rings. The maximum Gasteiger partial charge on any atom is 0.140 e. The fraction of sp³-hybridized carbons (Fsp3) is 0.864. The number of Topliss-reactive ketones (excluding diaryl/α,β-unsaturated/α-hetero) is 1. The van der Waals surface area contributed by atoms with E-state index < -0.39 is 23.0 Å². The molecule has 11 atom stereocenters. The fourth-order valence-electron chi connectivity index (χ4n) is 10.1. The highest BCUT2D eigenvalue weighted by molar-refractivity contribution is 5.87. The number of aliphatic hydroxyl groups excluding tert-OH is 2. The quantitative estimate of drug-likeness (QED) is 0.419. The van der Waals surface area contributed by atoms with Crippen LogP contribution in [0.5, 0.6) is 0 Å². The SMILES string of the molecule is C=C1[C@@H]2C[C@@]3([C@@H]1O)[C@@H](CC2=O)[C@]12[C@@H]4C[C@H]3[C@@H]1[N+]([O-])(CC)C[C@]4(C)CC[C@@H]2O. The number of hydrogen-bond acceptors (Lipinski definition) is 4. The van der Waals surface area contributed by atoms with E-state index in [4.69, 9.17) is 0 Å². The van der Waals surface area contributed by atoms with Crippen molar-refractivity contribution in [2.75, 3.05) is 13.1 Å². The van der Waals surface area contributed by atoms with Crippen molar-refractivity contribution in [3.8, 4) is 0 Å². The molecule has 5 aliphatic carbocycles. The Morgan fingerprint density at radius 3 is 2.78 bits per heavy atom. The summed E-state index contributed by atoms with van der Waals surface area (Å²) in [6.45, 7) is 9.47. The van der Waals surface area contributed by atoms with Crippen molar-refractivity contribution in [1.29, 1.82) is 0 Å². The number of carbonyl (C=O) groups excluding carboxylic acids is 1. The maximum atomic E-state index is 14.2. The number of piperidine rings is 1. The fourth-order valence-corrected chi connectivity index (χ4v) is 10.1. The van der Waals surface area contributed by atoms with Crippen molar-refractivity contribution in [1.82, 2.24) is 0 Å². The third-order valence-electron chi connectivity index (χ3n) is 10.7. The Morgan fingerprint density at radius 2 is 2.07 bits per heavy atom. The second kappa shape index (κ2) is 4.53. The maximum absolute atomic E-state index is 14.2. The van der Waals surface area contributed by atoms with Gasteiger partial charge < -0.3 is 20.1 Å². The van der Waals surface area contributed by atoms with Crippen LogP contribution in [0, 0.1) is 45.1 Å². The highest BCUT2D eigenvalue weighted by Crippen LogP contribution is 2.84. The van der Waals surface area contributed by atoms with E-state index >= 15 is 0 Å². The molecule has 7 bridgehead atoms. The van der Waals surface area contributed by atoms with Crippen molar-refractivity contribution in [2.24, 2.45) is 39.9 Å². The van der Waals surface area contributed by atoms with Gasteiger partial charge in [-0.05, 0) is 50.0 Å². The van der Waals surface area contributed by atoms with Gasteiger partial charge in [0.15, 0.2) is 0 Å². The van der Waals surface area contributed by atoms with E-state index in [2.05, 4.69) is 13.5 Å². The number of quaternary nitrogens is 1. The molecule has 2 N–H and O–H groups in total. The average Bonchev–Trinajstić information content (AvgIpc) is 3.17. The van der Waals surface area contributed by atoms with Gasteiger partial charge >= 0.3 is 0 Å². The lowest BCUT2D eigenvalue weighted by Gasteiger charge is -2.68. The third kappa shape index (κ3) is 1.44. The second-order valence-electron chi connectivity index (χ2n) is 11.0. The van der Waals surface area contributed by atoms with Crippen LogP contribution < -0.4 is 0 Å². The molecule has 6 fully saturated rings. The number of nitrogens with zero attached hydrogens (tertiary/aromatic N) is 1. The lowest BCUT2D eigenvalue weighted by molar-refractivity contribution is -0.927. The molecule has 27 heavy (non-hydrogen) atoms. The number of likely N-dealkylation sites (tertiary alicyclic amines) is 1. The smallest absolute Gasteiger partial charge is 0.140 e. The first-order valence-corrected chi connectivity index (χ1v) is 10.8. The summed E-state index contributed by atoms with van der Waals surface area (Å²) in [5, 5.41) is 37.0. The molecule has 0 amide bonds. The number of hydrogen-bond donors (Lipinski definition) is 2. The number of hydroxylamine groups is 3. The largest absolute Gasteiger partial charge is 0.633 e. The molecular formula is C22H31NO4. The molecule has 2 spiro atoms. The zero-order valence-corrected chi connectivity index (χ0v) is 16.4. The van der Waals surface area contributed by atoms with E-state index in [0.717, 1.165) is 19.3 Å². The minimum absolute atomic E-state index is 0.0651. The average molecular weight is 373 g/mol. The molecule has 148 valence electrons. The van der Waals surface area contributed by atoms with E-state index in [0.29, 0.717) is 37.4 Å². The van der Waals surface area contributed by atoms with Gasteiger partial charge in [0.25, 0.3) is 0 Å². The molecule has 6 aliphatic rings. The molecule has 1 saturated heterocycles. The van der Waals surface area contributed by atoms with Gasteiger partial charge in [0.05, 0.1) is 30.7 Å². The van der Waals surface area contributed by atoms with Crippen LogP contribution in [0.15, 0.2) is 12.2 Å². The highest BCUT2D eigenvalue weighted by atomic mass is 16.5. The predicted octanol–water partition coefficient (Wildman–Crippen LogP) is 2.01. The Labute approximate surface area is 160 Å². The van der Waals surface area contributed by atoms with Gasteiger partial charge in [0, 0.05) is 29.1 Å². The van der Waals surface area contributed by atoms with E-state index in [1.165, 1.54) is 0 Å². The molecule has 6 rings (SSSR count). The van der Waals surface area contributed by atoms with Crippen molar-refractivity contribution in [3.63, 3.8) is 0 Å². The van der Waals surface area contributed by atoms with Gasteiger partial charge in [0.1, 0.15) is 11.8 Å². The summed E-state index contributed by atoms with van der Waals surface area (Å²) in [5.74, 6) is 0.275. The number of carbonyl (C=O) groups is 1. The number of rotatable bonds is 1. The van der Waals surface area contributed by atoms with Gasteiger partial charge in [-0.15, -0.1) is 0 Å². The van der Waals surface area contributed by atoms with Gasteiger partial charge in [-0.3, -0.25) is 4.79 Å². The molecule has 5 saturated carbocycles. The Hall–Kier alpha value is -0.750. The third-order valence-corrected chi connectivity index (χ3v) is 10.7. The van der Waals surface area contributed by atoms with Crippen molar-refractivity contribution in [3.05, 3.63) is 17.4 Å². The van der Waals surface area contributed by atoms with E-state index in [1.807, 2.05) is 6.92 Å². The molecule has 5 heteroatoms. The molecule has 5 nitrogen and oxygen atoms in total. The summed E-state index contributed by atoms with van der Waals surface area (Å²) in [6, 6.07) is -0.173. The molecule has 0 aromatic heterocycles. The topological polar surface area (TPSA) is 80.6 Å². The first kappa shape index (κ1) is 17.1. The number of aliphatic hydroxyl groups is 2. The van der Waals surface area contributed by atoms with Crippen molar-refractivity contribution >= 4 is 5.78 Å². The van der Waals surface area contributed by atoms with E-state index in [1.54, 1.807) is 0 Å². The lowest BCUT2D eigenvalue weighted by Crippen LogP contribution is -2.73. The minimum atomic E-state index is -0.699. The number of ketones is 1. The predicted molar refractivity (Wildman–Crippen MR) is 99.0 cm³/mol. The Balaban J connectivity index is 1.64. The van der Waals surface area contributed by atoms with Crippen LogP contribution in [0.1, 0.15) is 46.0 Å². The lowest BCUT2D eigenvalue weighted by atomic mass is 9.43. The summed E-state index contributed by atoms with van der Waals surface area (Å²) in [7, 11) is 0. The van der Waals surface area contributed by atoms with Gasteiger partial charge in [-0.2, -0.15) is 0 Å². The second-order valence-corrected chi connectivity index (χ2v) is 11.0. The number of fused-ring (bicyclic) bond motifs is 1. The van der Waals surface area contributed by atoms with Gasteiger partial charge in [-0.25, -0.2) is 0 Å². The van der Waals surface area contributed by atoms with Crippen LogP contribution in [0.2, 0.25) is 0 Å². The van der Waals surface area contributed by atoms with E-state index in [-0.39, 0.29) is 39.6 Å². The first-order chi connectivity index (χ1) is 12.7. The van der Waals surface area contributed by atoms with Gasteiger partial charge in [-0.1, -0.05) is 13.5 Å². The molecule has 1 unspecified atom stereocenters. The Morgan fingerprint density at radius 1 is 1.33 bits per heavy atom. The molecule has 0 radical (unpaired) electrons. The van der Waals surface area contributed by atoms with Gasteiger partial charge in [0.2, 0.25) is 0 Å². The normalized spacial score (nSPS) is 65.6. The summed E-state index contributed by atoms with van der Waals surface area (Å²) < 4.78 is -0.245. The molecular weight excluding hydrogens is 342 g/mol. The zero-order chi connectivity index (χ0) is 19.1. The summed E-state index contributed by atoms with van der Waals surface area (Å²) in [6.07, 6.45) is 2.40. The van der Waals surface area contributed by atoms with Crippen LogP contribution in [-0.4, -0.2) is 52.0 Å². The summed E-state index contributed by atoms with van der Waals surface area (Å²) in [5.41, 5.74) is -0.303. The first-order valence-electron chi connectivity index (χ1n) is 10.8. The minimum Gasteiger partial charge on any atom is -0.633 e. The van der Waals surface area contributed by atoms with Crippen LogP contribution in [0.4, 0.5) is 0 Å². The van der Waals surface area contributed by atoms with Crippen LogP contribution in [0.3, 0.4) is 0 Å². The molecule has 1 heterocycles. The Bertz CT molecular complexity index is 782. The van der Waals surface area contributed by atoms with Crippen LogP contribution in [0.25, 0.3) is 0 Å². The standard InChI is InChI=1S/C22H31NO4/c1-4-23(27)10-20(3)6-5-17(25)22-15(20)7-13(18(22)23)21-9-12(11(2)19(21)26)14(24)8-16(21)22/h12-13,15-19,25-26H,2,4-10H2,1,3H3/t12-,13-,15+,16+,17-,18-,19+,20-,21-,22-,23?/m0/s1. The van der Waals surface area contributed by atoms with Crippen LogP contribution in [-0.2, 0) is 4.79 Å². The van der Waals surface area contributed by atoms with Crippen molar-refractivity contribution in [2.45, 2.75) is 64.2 Å². The zero-order valence-electron chi connectivity index (χ0n) is 16.4. The van der Waals surface area contributed by atoms with Crippen LogP contribution >= 0.6 is 0 Å². The monoisotopic (exact) mass is 373 g/mol. The van der Waals surface area contributed by atoms with Crippen molar-refractivity contribution < 1.29 is 19.7 Å². The Kier molecular flexibility index (Phi) is 2.88. The highest BCUT2D eigenvalue weighted by Gasteiger charge is 2.88. The molecule has 0 aromatic carbocycles. The summed E-state index contributed by atoms with van der Waals surface area (Å²) >= 11 is 0. The molecule has 1 aliphatic heterocycles. The van der Waals surface area contributed by atoms with E-state index in [9.17, 15) is 20.2 Å². The summed E-state index contributed by atoms with van der Waals surface area (Å²) in [4.78, 5) is 13.0.